The molecule has 1 aliphatic carbocycles. The summed E-state index contributed by atoms with van der Waals surface area (Å²) < 4.78 is 13.1. The van der Waals surface area contributed by atoms with E-state index in [9.17, 15) is 4.39 Å². The molecule has 0 nitrogen and oxygen atoms in total. The van der Waals surface area contributed by atoms with Crippen LogP contribution in [0.5, 0.6) is 0 Å². The molecule has 0 amide bonds. The SMILES string of the molecule is Fc1cccc(Sc2ccc3c(c2)CCCC3)c1. The van der Waals surface area contributed by atoms with Crippen LogP contribution in [-0.2, 0) is 12.8 Å². The molecule has 0 atom stereocenters. The van der Waals surface area contributed by atoms with Crippen LogP contribution in [0.15, 0.2) is 52.3 Å². The molecule has 0 unspecified atom stereocenters. The van der Waals surface area contributed by atoms with Crippen LogP contribution in [-0.4, -0.2) is 0 Å². The minimum atomic E-state index is -0.169. The minimum Gasteiger partial charge on any atom is -0.207 e. The molecule has 0 N–H and O–H groups in total. The lowest BCUT2D eigenvalue weighted by molar-refractivity contribution is 0.624. The van der Waals surface area contributed by atoms with Crippen LogP contribution in [0.4, 0.5) is 4.39 Å². The van der Waals surface area contributed by atoms with Gasteiger partial charge < -0.3 is 0 Å². The average molecular weight is 258 g/mol. The van der Waals surface area contributed by atoms with E-state index in [1.165, 1.54) is 47.8 Å². The van der Waals surface area contributed by atoms with Gasteiger partial charge in [0.1, 0.15) is 5.82 Å². The summed E-state index contributed by atoms with van der Waals surface area (Å²) in [7, 11) is 0. The highest BCUT2D eigenvalue weighted by atomic mass is 32.2. The first-order valence-corrected chi connectivity index (χ1v) is 7.18. The second-order valence-electron chi connectivity index (χ2n) is 4.70. The molecule has 0 spiro atoms. The van der Waals surface area contributed by atoms with Crippen LogP contribution in [0, 0.1) is 5.82 Å². The largest absolute Gasteiger partial charge is 0.207 e. The quantitative estimate of drug-likeness (QED) is 0.741. The van der Waals surface area contributed by atoms with Crippen LogP contribution in [0.1, 0.15) is 24.0 Å². The Labute approximate surface area is 111 Å². The molecule has 2 heteroatoms. The van der Waals surface area contributed by atoms with Crippen molar-refractivity contribution >= 4 is 11.8 Å². The second-order valence-corrected chi connectivity index (χ2v) is 5.84. The number of halogens is 1. The smallest absolute Gasteiger partial charge is 0.124 e. The van der Waals surface area contributed by atoms with Gasteiger partial charge in [-0.15, -0.1) is 0 Å². The first kappa shape index (κ1) is 11.8. The predicted molar refractivity (Wildman–Crippen MR) is 73.6 cm³/mol. The fourth-order valence-electron chi connectivity index (χ4n) is 2.44. The van der Waals surface area contributed by atoms with Crippen molar-refractivity contribution in [3.05, 3.63) is 59.4 Å². The first-order valence-electron chi connectivity index (χ1n) is 6.36. The van der Waals surface area contributed by atoms with Crippen molar-refractivity contribution in [1.29, 1.82) is 0 Å². The molecule has 0 heterocycles. The third-order valence-corrected chi connectivity index (χ3v) is 4.33. The number of benzene rings is 2. The molecule has 92 valence electrons. The van der Waals surface area contributed by atoms with Gasteiger partial charge in [-0.1, -0.05) is 23.9 Å². The maximum absolute atomic E-state index is 13.1. The fraction of sp³-hybridized carbons (Fsp3) is 0.250. The summed E-state index contributed by atoms with van der Waals surface area (Å²) in [6.45, 7) is 0. The number of hydrogen-bond acceptors (Lipinski definition) is 1. The van der Waals surface area contributed by atoms with Crippen molar-refractivity contribution in [3.8, 4) is 0 Å². The van der Waals surface area contributed by atoms with E-state index in [-0.39, 0.29) is 5.82 Å². The third-order valence-electron chi connectivity index (χ3n) is 3.35. The highest BCUT2D eigenvalue weighted by Gasteiger charge is 2.09. The van der Waals surface area contributed by atoms with Gasteiger partial charge in [-0.2, -0.15) is 0 Å². The molecule has 18 heavy (non-hydrogen) atoms. The van der Waals surface area contributed by atoms with Gasteiger partial charge in [0.15, 0.2) is 0 Å². The molecular formula is C16H15FS. The van der Waals surface area contributed by atoms with Gasteiger partial charge in [0.2, 0.25) is 0 Å². The van der Waals surface area contributed by atoms with E-state index in [1.54, 1.807) is 23.9 Å². The summed E-state index contributed by atoms with van der Waals surface area (Å²) in [5.74, 6) is -0.169. The van der Waals surface area contributed by atoms with Crippen molar-refractivity contribution in [2.24, 2.45) is 0 Å². The van der Waals surface area contributed by atoms with Crippen molar-refractivity contribution in [3.63, 3.8) is 0 Å². The number of rotatable bonds is 2. The van der Waals surface area contributed by atoms with Crippen molar-refractivity contribution in [1.82, 2.24) is 0 Å². The summed E-state index contributed by atoms with van der Waals surface area (Å²) >= 11 is 1.63. The van der Waals surface area contributed by atoms with Crippen LogP contribution in [0.25, 0.3) is 0 Å². The Morgan fingerprint density at radius 2 is 1.61 bits per heavy atom. The Hall–Kier alpha value is -1.28. The lowest BCUT2D eigenvalue weighted by Crippen LogP contribution is -2.01. The number of aryl methyl sites for hydroxylation is 2. The monoisotopic (exact) mass is 258 g/mol. The van der Waals surface area contributed by atoms with Gasteiger partial charge >= 0.3 is 0 Å². The Kier molecular flexibility index (Phi) is 3.37. The molecule has 0 saturated carbocycles. The second kappa shape index (κ2) is 5.15. The first-order chi connectivity index (χ1) is 8.81. The van der Waals surface area contributed by atoms with E-state index in [1.807, 2.05) is 6.07 Å². The standard InChI is InChI=1S/C16H15FS/c17-14-6-3-7-15(11-14)18-16-9-8-12-4-1-2-5-13(12)10-16/h3,6-11H,1-2,4-5H2. The molecule has 0 radical (unpaired) electrons. The van der Waals surface area contributed by atoms with E-state index in [4.69, 9.17) is 0 Å². The Morgan fingerprint density at radius 3 is 2.44 bits per heavy atom. The summed E-state index contributed by atoms with van der Waals surface area (Å²) in [5, 5.41) is 0. The predicted octanol–water partition coefficient (Wildman–Crippen LogP) is 4.86. The van der Waals surface area contributed by atoms with Crippen LogP contribution in [0.3, 0.4) is 0 Å². The lowest BCUT2D eigenvalue weighted by Gasteiger charge is -2.16. The molecule has 0 aliphatic heterocycles. The minimum absolute atomic E-state index is 0.169. The number of fused-ring (bicyclic) bond motifs is 1. The zero-order valence-corrected chi connectivity index (χ0v) is 11.0. The molecular weight excluding hydrogens is 243 g/mol. The molecule has 3 rings (SSSR count). The average Bonchev–Trinajstić information content (AvgIpc) is 2.39. The van der Waals surface area contributed by atoms with Gasteiger partial charge in [0, 0.05) is 9.79 Å². The van der Waals surface area contributed by atoms with Crippen LogP contribution in [0.2, 0.25) is 0 Å². The molecule has 0 bridgehead atoms. The van der Waals surface area contributed by atoms with Crippen LogP contribution < -0.4 is 0 Å². The van der Waals surface area contributed by atoms with E-state index in [2.05, 4.69) is 18.2 Å². The molecule has 2 aromatic carbocycles. The normalized spacial score (nSPS) is 14.3. The molecule has 0 aromatic heterocycles. The van der Waals surface area contributed by atoms with Crippen molar-refractivity contribution in [2.45, 2.75) is 35.5 Å². The van der Waals surface area contributed by atoms with Gasteiger partial charge in [-0.3, -0.25) is 0 Å². The van der Waals surface area contributed by atoms with E-state index >= 15 is 0 Å². The Bertz CT molecular complexity index is 563. The molecule has 2 aromatic rings. The maximum Gasteiger partial charge on any atom is 0.124 e. The zero-order valence-electron chi connectivity index (χ0n) is 10.2. The Morgan fingerprint density at radius 1 is 0.833 bits per heavy atom. The van der Waals surface area contributed by atoms with E-state index in [0.29, 0.717) is 0 Å². The van der Waals surface area contributed by atoms with Gasteiger partial charge in [0.25, 0.3) is 0 Å². The lowest BCUT2D eigenvalue weighted by atomic mass is 9.92. The third kappa shape index (κ3) is 2.59. The summed E-state index contributed by atoms with van der Waals surface area (Å²) in [6, 6.07) is 13.4. The summed E-state index contributed by atoms with van der Waals surface area (Å²) in [5.41, 5.74) is 2.97. The topological polar surface area (TPSA) is 0 Å². The maximum atomic E-state index is 13.1. The Balaban J connectivity index is 1.85. The van der Waals surface area contributed by atoms with E-state index < -0.39 is 0 Å². The summed E-state index contributed by atoms with van der Waals surface area (Å²) in [6.07, 6.45) is 5.00. The summed E-state index contributed by atoms with van der Waals surface area (Å²) in [4.78, 5) is 2.17. The molecule has 1 aliphatic rings. The van der Waals surface area contributed by atoms with E-state index in [0.717, 1.165) is 4.90 Å². The van der Waals surface area contributed by atoms with Crippen molar-refractivity contribution in [2.75, 3.05) is 0 Å². The molecule has 0 saturated heterocycles. The van der Waals surface area contributed by atoms with Gasteiger partial charge in [0.05, 0.1) is 0 Å². The number of hydrogen-bond donors (Lipinski definition) is 0. The molecule has 0 fully saturated rings. The highest BCUT2D eigenvalue weighted by Crippen LogP contribution is 2.31. The van der Waals surface area contributed by atoms with Gasteiger partial charge in [-0.05, 0) is 67.1 Å². The fourth-order valence-corrected chi connectivity index (χ4v) is 3.37. The van der Waals surface area contributed by atoms with Crippen molar-refractivity contribution < 1.29 is 4.39 Å². The zero-order chi connectivity index (χ0) is 12.4. The van der Waals surface area contributed by atoms with Gasteiger partial charge in [-0.25, -0.2) is 4.39 Å². The van der Waals surface area contributed by atoms with Crippen LogP contribution >= 0.6 is 11.8 Å². The highest BCUT2D eigenvalue weighted by molar-refractivity contribution is 7.99.